The van der Waals surface area contributed by atoms with Gasteiger partial charge in [-0.2, -0.15) is 5.10 Å². The summed E-state index contributed by atoms with van der Waals surface area (Å²) in [6.45, 7) is 0. The first-order valence-corrected chi connectivity index (χ1v) is 7.70. The van der Waals surface area contributed by atoms with Crippen LogP contribution in [-0.2, 0) is 4.79 Å². The van der Waals surface area contributed by atoms with E-state index in [0.717, 1.165) is 5.03 Å². The standard InChI is InChI=1S/C14H11Cl2N3OS/c15-11-5-4-10(12(16)7-11)8-18-19-13(20)9-21-14-3-1-2-6-17-14/h1-8H,9H2,(H,19,20)/b18-8-. The van der Waals surface area contributed by atoms with Gasteiger partial charge in [-0.05, 0) is 24.3 Å². The largest absolute Gasteiger partial charge is 0.272 e. The lowest BCUT2D eigenvalue weighted by Gasteiger charge is -2.00. The van der Waals surface area contributed by atoms with Crippen LogP contribution in [0.4, 0.5) is 0 Å². The van der Waals surface area contributed by atoms with Gasteiger partial charge in [0.15, 0.2) is 0 Å². The molecule has 4 nitrogen and oxygen atoms in total. The summed E-state index contributed by atoms with van der Waals surface area (Å²) in [5.41, 5.74) is 3.11. The molecule has 2 aromatic rings. The van der Waals surface area contributed by atoms with Gasteiger partial charge in [0.2, 0.25) is 5.91 Å². The van der Waals surface area contributed by atoms with Crippen molar-refractivity contribution in [2.24, 2.45) is 5.10 Å². The van der Waals surface area contributed by atoms with Crippen LogP contribution in [0, 0.1) is 0 Å². The molecule has 108 valence electrons. The second-order valence-corrected chi connectivity index (χ2v) is 5.75. The van der Waals surface area contributed by atoms with Gasteiger partial charge < -0.3 is 0 Å². The Balaban J connectivity index is 1.82. The fraction of sp³-hybridized carbons (Fsp3) is 0.0714. The second kappa shape index (κ2) is 8.02. The molecule has 2 rings (SSSR count). The lowest BCUT2D eigenvalue weighted by Crippen LogP contribution is -2.19. The second-order valence-electron chi connectivity index (χ2n) is 3.92. The Hall–Kier alpha value is -1.56. The van der Waals surface area contributed by atoms with Crippen LogP contribution in [0.2, 0.25) is 10.0 Å². The predicted octanol–water partition coefficient (Wildman–Crippen LogP) is 3.63. The zero-order valence-electron chi connectivity index (χ0n) is 10.8. The third-order valence-electron chi connectivity index (χ3n) is 2.34. The highest BCUT2D eigenvalue weighted by atomic mass is 35.5. The number of carbonyl (C=O) groups excluding carboxylic acids is 1. The van der Waals surface area contributed by atoms with E-state index in [1.807, 2.05) is 18.2 Å². The van der Waals surface area contributed by atoms with Gasteiger partial charge in [0.05, 0.1) is 22.0 Å². The Morgan fingerprint density at radius 3 is 2.90 bits per heavy atom. The number of aromatic nitrogens is 1. The SMILES string of the molecule is O=C(CSc1ccccn1)N/N=C\c1ccc(Cl)cc1Cl. The van der Waals surface area contributed by atoms with Crippen molar-refractivity contribution in [3.05, 3.63) is 58.2 Å². The maximum absolute atomic E-state index is 11.6. The van der Waals surface area contributed by atoms with E-state index in [4.69, 9.17) is 23.2 Å². The fourth-order valence-corrected chi connectivity index (χ4v) is 2.50. The summed E-state index contributed by atoms with van der Waals surface area (Å²) in [6, 6.07) is 10.6. The summed E-state index contributed by atoms with van der Waals surface area (Å²) in [5.74, 6) is 0.0230. The molecular weight excluding hydrogens is 329 g/mol. The lowest BCUT2D eigenvalue weighted by molar-refractivity contribution is -0.118. The van der Waals surface area contributed by atoms with Crippen LogP contribution in [0.3, 0.4) is 0 Å². The fourth-order valence-electron chi connectivity index (χ4n) is 1.38. The Labute approximate surface area is 136 Å². The first kappa shape index (κ1) is 15.8. The average Bonchev–Trinajstić information content (AvgIpc) is 2.48. The molecule has 7 heteroatoms. The summed E-state index contributed by atoms with van der Waals surface area (Å²) in [5, 5.41) is 5.67. The molecule has 0 aliphatic heterocycles. The summed E-state index contributed by atoms with van der Waals surface area (Å²) >= 11 is 13.1. The van der Waals surface area contributed by atoms with Crippen molar-refractivity contribution in [2.75, 3.05) is 5.75 Å². The highest BCUT2D eigenvalue weighted by Gasteiger charge is 2.02. The maximum Gasteiger partial charge on any atom is 0.250 e. The molecule has 1 heterocycles. The Kier molecular flexibility index (Phi) is 6.04. The van der Waals surface area contributed by atoms with E-state index in [2.05, 4.69) is 15.5 Å². The quantitative estimate of drug-likeness (QED) is 0.514. The van der Waals surface area contributed by atoms with Crippen LogP contribution >= 0.6 is 35.0 Å². The predicted molar refractivity (Wildman–Crippen MR) is 87.2 cm³/mol. The molecule has 0 aliphatic carbocycles. The van der Waals surface area contributed by atoms with Crippen molar-refractivity contribution in [3.63, 3.8) is 0 Å². The monoisotopic (exact) mass is 339 g/mol. The number of rotatable bonds is 5. The molecular formula is C14H11Cl2N3OS. The third kappa shape index (κ3) is 5.38. The maximum atomic E-state index is 11.6. The van der Waals surface area contributed by atoms with Gasteiger partial charge in [0, 0.05) is 16.8 Å². The number of hydrogen-bond donors (Lipinski definition) is 1. The average molecular weight is 340 g/mol. The number of thioether (sulfide) groups is 1. The number of halogens is 2. The van der Waals surface area contributed by atoms with E-state index in [0.29, 0.717) is 15.6 Å². The van der Waals surface area contributed by atoms with Crippen molar-refractivity contribution in [1.29, 1.82) is 0 Å². The summed E-state index contributed by atoms with van der Waals surface area (Å²) in [6.07, 6.45) is 3.16. The van der Waals surface area contributed by atoms with Gasteiger partial charge in [-0.1, -0.05) is 47.1 Å². The van der Waals surface area contributed by atoms with Crippen molar-refractivity contribution < 1.29 is 4.79 Å². The minimum Gasteiger partial charge on any atom is -0.272 e. The first-order chi connectivity index (χ1) is 10.1. The molecule has 0 atom stereocenters. The molecule has 1 N–H and O–H groups in total. The van der Waals surface area contributed by atoms with Crippen molar-refractivity contribution in [2.45, 2.75) is 5.03 Å². The number of hydrazone groups is 1. The van der Waals surface area contributed by atoms with Gasteiger partial charge in [0.1, 0.15) is 0 Å². The van der Waals surface area contributed by atoms with Gasteiger partial charge in [-0.3, -0.25) is 4.79 Å². The molecule has 0 saturated carbocycles. The first-order valence-electron chi connectivity index (χ1n) is 5.96. The van der Waals surface area contributed by atoms with E-state index in [1.165, 1.54) is 18.0 Å². The normalized spacial score (nSPS) is 10.8. The number of hydrogen-bond acceptors (Lipinski definition) is 4. The number of pyridine rings is 1. The smallest absolute Gasteiger partial charge is 0.250 e. The molecule has 0 fully saturated rings. The minimum atomic E-state index is -0.216. The zero-order chi connectivity index (χ0) is 15.1. The molecule has 0 radical (unpaired) electrons. The van der Waals surface area contributed by atoms with Crippen molar-refractivity contribution >= 4 is 47.1 Å². The third-order valence-corrected chi connectivity index (χ3v) is 3.85. The highest BCUT2D eigenvalue weighted by molar-refractivity contribution is 7.99. The van der Waals surface area contributed by atoms with Gasteiger partial charge in [-0.25, -0.2) is 10.4 Å². The molecule has 0 saturated heterocycles. The number of nitrogens with one attached hydrogen (secondary N) is 1. The molecule has 1 amide bonds. The molecule has 1 aromatic carbocycles. The minimum absolute atomic E-state index is 0.216. The van der Waals surface area contributed by atoms with Crippen molar-refractivity contribution in [1.82, 2.24) is 10.4 Å². The molecule has 0 bridgehead atoms. The van der Waals surface area contributed by atoms with Gasteiger partial charge in [-0.15, -0.1) is 0 Å². The topological polar surface area (TPSA) is 54.4 Å². The summed E-state index contributed by atoms with van der Waals surface area (Å²) in [4.78, 5) is 15.7. The van der Waals surface area contributed by atoms with Crippen LogP contribution in [0.5, 0.6) is 0 Å². The summed E-state index contributed by atoms with van der Waals surface area (Å²) in [7, 11) is 0. The van der Waals surface area contributed by atoms with E-state index < -0.39 is 0 Å². The number of benzene rings is 1. The molecule has 0 aliphatic rings. The lowest BCUT2D eigenvalue weighted by atomic mass is 10.2. The number of carbonyl (C=O) groups is 1. The number of nitrogens with zero attached hydrogens (tertiary/aromatic N) is 2. The number of amides is 1. The van der Waals surface area contributed by atoms with Crippen LogP contribution < -0.4 is 5.43 Å². The van der Waals surface area contributed by atoms with Gasteiger partial charge >= 0.3 is 0 Å². The van der Waals surface area contributed by atoms with E-state index in [1.54, 1.807) is 24.4 Å². The van der Waals surface area contributed by atoms with Crippen molar-refractivity contribution in [3.8, 4) is 0 Å². The Morgan fingerprint density at radius 1 is 1.33 bits per heavy atom. The molecule has 0 unspecified atom stereocenters. The van der Waals surface area contributed by atoms with Crippen LogP contribution in [0.1, 0.15) is 5.56 Å². The molecule has 0 spiro atoms. The van der Waals surface area contributed by atoms with Crippen LogP contribution in [0.25, 0.3) is 0 Å². The molecule has 1 aromatic heterocycles. The van der Waals surface area contributed by atoms with Gasteiger partial charge in [0.25, 0.3) is 0 Å². The van der Waals surface area contributed by atoms with Crippen LogP contribution in [-0.4, -0.2) is 22.9 Å². The molecule has 21 heavy (non-hydrogen) atoms. The van der Waals surface area contributed by atoms with E-state index in [9.17, 15) is 4.79 Å². The van der Waals surface area contributed by atoms with E-state index >= 15 is 0 Å². The van der Waals surface area contributed by atoms with E-state index in [-0.39, 0.29) is 11.7 Å². The highest BCUT2D eigenvalue weighted by Crippen LogP contribution is 2.19. The Bertz CT molecular complexity index is 650. The van der Waals surface area contributed by atoms with Crippen LogP contribution in [0.15, 0.2) is 52.7 Å². The zero-order valence-corrected chi connectivity index (χ0v) is 13.1. The summed E-state index contributed by atoms with van der Waals surface area (Å²) < 4.78 is 0. The Morgan fingerprint density at radius 2 is 2.19 bits per heavy atom.